The average Bonchev–Trinajstić information content (AvgIpc) is 2.64. The summed E-state index contributed by atoms with van der Waals surface area (Å²) in [6, 6.07) is 1.24. The molecule has 0 aliphatic heterocycles. The number of hydrogen-bond acceptors (Lipinski definition) is 6. The molecule has 2 aromatic rings. The van der Waals surface area contributed by atoms with E-state index in [0.717, 1.165) is 0 Å². The summed E-state index contributed by atoms with van der Waals surface area (Å²) in [5, 5.41) is 23.9. The first-order valence-corrected chi connectivity index (χ1v) is 5.45. The smallest absolute Gasteiger partial charge is 0.353 e. The van der Waals surface area contributed by atoms with E-state index in [1.807, 2.05) is 0 Å². The van der Waals surface area contributed by atoms with E-state index >= 15 is 0 Å². The highest BCUT2D eigenvalue weighted by Gasteiger charge is 2.27. The highest BCUT2D eigenvalue weighted by molar-refractivity contribution is 5.90. The van der Waals surface area contributed by atoms with Crippen molar-refractivity contribution in [2.75, 3.05) is 0 Å². The first-order chi connectivity index (χ1) is 9.41. The molecular formula is C11H10N4O5. The van der Waals surface area contributed by atoms with Crippen molar-refractivity contribution < 1.29 is 19.6 Å². The van der Waals surface area contributed by atoms with Crippen molar-refractivity contribution in [1.82, 2.24) is 14.8 Å². The number of rotatable bonds is 4. The molecule has 0 saturated heterocycles. The van der Waals surface area contributed by atoms with Crippen LogP contribution in [0.15, 0.2) is 18.5 Å². The molecule has 2 heterocycles. The molecule has 0 bridgehead atoms. The lowest BCUT2D eigenvalue weighted by atomic mass is 10.2. The number of carboxylic acid groups (broad SMARTS) is 1. The van der Waals surface area contributed by atoms with E-state index in [2.05, 4.69) is 10.1 Å². The quantitative estimate of drug-likeness (QED) is 0.664. The second-order valence-corrected chi connectivity index (χ2v) is 3.90. The Labute approximate surface area is 112 Å². The summed E-state index contributed by atoms with van der Waals surface area (Å²) in [5.41, 5.74) is -0.283. The summed E-state index contributed by atoms with van der Waals surface area (Å²) in [6.07, 6.45) is 2.47. The van der Waals surface area contributed by atoms with Crippen LogP contribution in [0, 0.1) is 17.0 Å². The predicted molar refractivity (Wildman–Crippen MR) is 65.9 cm³/mol. The van der Waals surface area contributed by atoms with Crippen LogP contribution in [-0.2, 0) is 7.05 Å². The largest absolute Gasteiger partial charge is 0.478 e. The molecule has 2 aromatic heterocycles. The zero-order valence-electron chi connectivity index (χ0n) is 10.6. The maximum atomic E-state index is 11.1. The molecule has 0 radical (unpaired) electrons. The summed E-state index contributed by atoms with van der Waals surface area (Å²) < 4.78 is 6.50. The number of nitrogens with zero attached hydrogens (tertiary/aromatic N) is 4. The van der Waals surface area contributed by atoms with Crippen molar-refractivity contribution in [2.24, 2.45) is 7.05 Å². The minimum atomic E-state index is -1.22. The van der Waals surface area contributed by atoms with E-state index in [-0.39, 0.29) is 28.6 Å². The van der Waals surface area contributed by atoms with Gasteiger partial charge in [0.25, 0.3) is 5.88 Å². The molecular weight excluding hydrogens is 268 g/mol. The molecule has 0 spiro atoms. The number of aryl methyl sites for hydroxylation is 2. The third kappa shape index (κ3) is 2.28. The maximum Gasteiger partial charge on any atom is 0.353 e. The zero-order valence-corrected chi connectivity index (χ0v) is 10.6. The topological polar surface area (TPSA) is 120 Å². The molecule has 0 aliphatic carbocycles. The molecule has 2 rings (SSSR count). The number of aromatic nitrogens is 3. The fraction of sp³-hybridized carbons (Fsp3) is 0.182. The minimum absolute atomic E-state index is 0.0916. The van der Waals surface area contributed by atoms with Gasteiger partial charge in [0.05, 0.1) is 11.1 Å². The van der Waals surface area contributed by atoms with Crippen LogP contribution >= 0.6 is 0 Å². The van der Waals surface area contributed by atoms with Crippen LogP contribution in [0.3, 0.4) is 0 Å². The molecule has 0 atom stereocenters. The predicted octanol–water partition coefficient (Wildman–Crippen LogP) is 1.52. The van der Waals surface area contributed by atoms with Crippen LogP contribution in [-0.4, -0.2) is 30.8 Å². The minimum Gasteiger partial charge on any atom is -0.478 e. The van der Waals surface area contributed by atoms with E-state index in [1.54, 1.807) is 0 Å². The van der Waals surface area contributed by atoms with Crippen molar-refractivity contribution in [1.29, 1.82) is 0 Å². The second kappa shape index (κ2) is 4.96. The normalized spacial score (nSPS) is 10.3. The Morgan fingerprint density at radius 2 is 2.25 bits per heavy atom. The lowest BCUT2D eigenvalue weighted by Gasteiger charge is -2.07. The van der Waals surface area contributed by atoms with Crippen LogP contribution in [0.25, 0.3) is 0 Å². The monoisotopic (exact) mass is 278 g/mol. The first kappa shape index (κ1) is 13.5. The molecule has 1 N–H and O–H groups in total. The Morgan fingerprint density at radius 3 is 2.85 bits per heavy atom. The molecule has 9 heteroatoms. The molecule has 0 amide bonds. The zero-order chi connectivity index (χ0) is 14.9. The average molecular weight is 278 g/mol. The van der Waals surface area contributed by atoms with E-state index < -0.39 is 10.9 Å². The maximum absolute atomic E-state index is 11.1. The van der Waals surface area contributed by atoms with Gasteiger partial charge >= 0.3 is 11.7 Å². The van der Waals surface area contributed by atoms with Crippen LogP contribution < -0.4 is 4.74 Å². The molecule has 0 unspecified atom stereocenters. The molecule has 0 aromatic carbocycles. The highest BCUT2D eigenvalue weighted by atomic mass is 16.6. The van der Waals surface area contributed by atoms with Crippen LogP contribution in [0.1, 0.15) is 16.1 Å². The fourth-order valence-electron chi connectivity index (χ4n) is 1.69. The van der Waals surface area contributed by atoms with E-state index in [0.29, 0.717) is 0 Å². The third-order valence-corrected chi connectivity index (χ3v) is 2.54. The van der Waals surface area contributed by atoms with Gasteiger partial charge < -0.3 is 9.84 Å². The van der Waals surface area contributed by atoms with Crippen molar-refractivity contribution >= 4 is 11.7 Å². The SMILES string of the molecule is Cc1nn(C)c(Oc2cnccc2C(=O)O)c1[N+](=O)[O-]. The van der Waals surface area contributed by atoms with Gasteiger partial charge in [0.15, 0.2) is 5.75 Å². The summed E-state index contributed by atoms with van der Waals surface area (Å²) in [6.45, 7) is 1.46. The van der Waals surface area contributed by atoms with E-state index in [1.165, 1.54) is 37.1 Å². The van der Waals surface area contributed by atoms with Gasteiger partial charge in [0.1, 0.15) is 11.3 Å². The van der Waals surface area contributed by atoms with Crippen molar-refractivity contribution in [3.05, 3.63) is 39.8 Å². The molecule has 104 valence electrons. The lowest BCUT2D eigenvalue weighted by Crippen LogP contribution is -2.03. The van der Waals surface area contributed by atoms with E-state index in [9.17, 15) is 14.9 Å². The number of hydrogen-bond donors (Lipinski definition) is 1. The first-order valence-electron chi connectivity index (χ1n) is 5.45. The molecule has 0 saturated carbocycles. The van der Waals surface area contributed by atoms with E-state index in [4.69, 9.17) is 9.84 Å². The number of ether oxygens (including phenoxy) is 1. The highest BCUT2D eigenvalue weighted by Crippen LogP contribution is 2.34. The summed E-state index contributed by atoms with van der Waals surface area (Å²) in [5.74, 6) is -1.46. The molecule has 0 aliphatic rings. The van der Waals surface area contributed by atoms with Gasteiger partial charge in [0.2, 0.25) is 0 Å². The van der Waals surface area contributed by atoms with Gasteiger partial charge in [0, 0.05) is 13.2 Å². The summed E-state index contributed by atoms with van der Waals surface area (Å²) in [7, 11) is 1.46. The molecule has 9 nitrogen and oxygen atoms in total. The Hall–Kier alpha value is -2.97. The third-order valence-electron chi connectivity index (χ3n) is 2.54. The number of carbonyl (C=O) groups is 1. The number of carboxylic acids is 1. The van der Waals surface area contributed by atoms with Crippen LogP contribution in [0.2, 0.25) is 0 Å². The Kier molecular flexibility index (Phi) is 3.34. The van der Waals surface area contributed by atoms with Crippen molar-refractivity contribution in [3.63, 3.8) is 0 Å². The van der Waals surface area contributed by atoms with Crippen molar-refractivity contribution in [2.45, 2.75) is 6.92 Å². The second-order valence-electron chi connectivity index (χ2n) is 3.90. The number of nitro groups is 1. The van der Waals surface area contributed by atoms with Crippen LogP contribution in [0.5, 0.6) is 11.6 Å². The van der Waals surface area contributed by atoms with Gasteiger partial charge in [-0.1, -0.05) is 0 Å². The van der Waals surface area contributed by atoms with Gasteiger partial charge in [-0.25, -0.2) is 9.48 Å². The van der Waals surface area contributed by atoms with Gasteiger partial charge in [-0.15, -0.1) is 0 Å². The molecule has 0 fully saturated rings. The Balaban J connectivity index is 2.51. The fourth-order valence-corrected chi connectivity index (χ4v) is 1.69. The standard InChI is InChI=1S/C11H10N4O5/c1-6-9(15(18)19)10(14(2)13-6)20-8-5-12-4-3-7(8)11(16)17/h3-5H,1-2H3,(H,16,17). The van der Waals surface area contributed by atoms with Crippen LogP contribution in [0.4, 0.5) is 5.69 Å². The van der Waals surface area contributed by atoms with Crippen molar-refractivity contribution in [3.8, 4) is 11.6 Å². The van der Waals surface area contributed by atoms with Gasteiger partial charge in [-0.05, 0) is 13.0 Å². The van der Waals surface area contributed by atoms with Gasteiger partial charge in [-0.2, -0.15) is 5.10 Å². The summed E-state index contributed by atoms with van der Waals surface area (Å²) >= 11 is 0. The molecule has 20 heavy (non-hydrogen) atoms. The number of pyridine rings is 1. The number of aromatic carboxylic acids is 1. The Bertz CT molecular complexity index is 694. The van der Waals surface area contributed by atoms with Gasteiger partial charge in [-0.3, -0.25) is 15.1 Å². The Morgan fingerprint density at radius 1 is 1.55 bits per heavy atom. The summed E-state index contributed by atoms with van der Waals surface area (Å²) in [4.78, 5) is 25.2. The lowest BCUT2D eigenvalue weighted by molar-refractivity contribution is -0.386.